The van der Waals surface area contributed by atoms with Crippen molar-refractivity contribution in [1.29, 1.82) is 0 Å². The Labute approximate surface area is 114 Å². The normalized spacial score (nSPS) is 10.4. The maximum absolute atomic E-state index is 5.48. The first-order valence-electron chi connectivity index (χ1n) is 5.46. The maximum atomic E-state index is 5.48. The topological polar surface area (TPSA) is 91.5 Å². The molecule has 0 amide bonds. The summed E-state index contributed by atoms with van der Waals surface area (Å²) in [5.41, 5.74) is 2.44. The molecule has 0 radical (unpaired) electrons. The molecule has 0 saturated carbocycles. The minimum atomic E-state index is 0.454. The Morgan fingerprint density at radius 1 is 1.28 bits per heavy atom. The highest BCUT2D eigenvalue weighted by Gasteiger charge is 2.08. The molecule has 3 N–H and O–H groups in total. The van der Waals surface area contributed by atoms with Crippen LogP contribution in [0, 0.1) is 0 Å². The third-order valence-corrected chi connectivity index (χ3v) is 2.71. The van der Waals surface area contributed by atoms with Gasteiger partial charge in [0.15, 0.2) is 5.82 Å². The molecule has 8 heteroatoms. The third-order valence-electron chi connectivity index (χ3n) is 2.00. The van der Waals surface area contributed by atoms with Gasteiger partial charge in [0, 0.05) is 20.1 Å². The minimum Gasteiger partial charge on any atom is -0.477 e. The number of nitrogens with one attached hydrogen (secondary N) is 1. The zero-order chi connectivity index (χ0) is 13.2. The second kappa shape index (κ2) is 9.03. The van der Waals surface area contributed by atoms with E-state index in [1.807, 2.05) is 0 Å². The van der Waals surface area contributed by atoms with Gasteiger partial charge < -0.3 is 19.6 Å². The lowest BCUT2D eigenvalue weighted by Crippen LogP contribution is -2.11. The van der Waals surface area contributed by atoms with E-state index in [0.29, 0.717) is 42.6 Å². The molecule has 0 fully saturated rings. The highest BCUT2D eigenvalue weighted by atomic mass is 79.9. The van der Waals surface area contributed by atoms with Crippen LogP contribution in [0.5, 0.6) is 5.88 Å². The second-order valence-corrected chi connectivity index (χ2v) is 4.09. The van der Waals surface area contributed by atoms with Crippen LogP contribution in [-0.4, -0.2) is 43.5 Å². The molecule has 1 rings (SSSR count). The smallest absolute Gasteiger partial charge is 0.233 e. The van der Waals surface area contributed by atoms with E-state index in [2.05, 4.69) is 31.3 Å². The molecule has 1 aromatic heterocycles. The first-order chi connectivity index (χ1) is 8.79. The molecular weight excluding hydrogens is 304 g/mol. The molecule has 0 atom stereocenters. The molecular formula is C10H17BrN4O3. The van der Waals surface area contributed by atoms with Crippen LogP contribution in [0.4, 0.5) is 5.82 Å². The molecule has 102 valence electrons. The SMILES string of the molecule is COCCOCCCOc1ncnc(NN)c1Br. The molecule has 0 aliphatic heterocycles. The van der Waals surface area contributed by atoms with Crippen molar-refractivity contribution in [3.63, 3.8) is 0 Å². The van der Waals surface area contributed by atoms with E-state index in [-0.39, 0.29) is 0 Å². The Morgan fingerprint density at radius 3 is 2.83 bits per heavy atom. The van der Waals surface area contributed by atoms with Crippen molar-refractivity contribution in [1.82, 2.24) is 9.97 Å². The van der Waals surface area contributed by atoms with E-state index in [9.17, 15) is 0 Å². The van der Waals surface area contributed by atoms with Crippen molar-refractivity contribution in [3.05, 3.63) is 10.8 Å². The quantitative estimate of drug-likeness (QED) is 0.397. The van der Waals surface area contributed by atoms with E-state index in [1.54, 1.807) is 7.11 Å². The Morgan fingerprint density at radius 2 is 2.11 bits per heavy atom. The first-order valence-corrected chi connectivity index (χ1v) is 6.25. The molecule has 0 aromatic carbocycles. The number of hydrogen-bond acceptors (Lipinski definition) is 7. The Hall–Kier alpha value is -0.960. The van der Waals surface area contributed by atoms with Gasteiger partial charge in [-0.25, -0.2) is 15.8 Å². The molecule has 0 aliphatic carbocycles. The number of hydrogen-bond donors (Lipinski definition) is 2. The summed E-state index contributed by atoms with van der Waals surface area (Å²) in [4.78, 5) is 7.92. The van der Waals surface area contributed by atoms with Crippen LogP contribution >= 0.6 is 15.9 Å². The monoisotopic (exact) mass is 320 g/mol. The second-order valence-electron chi connectivity index (χ2n) is 3.29. The van der Waals surface area contributed by atoms with Gasteiger partial charge in [-0.2, -0.15) is 0 Å². The van der Waals surface area contributed by atoms with Crippen LogP contribution in [0.25, 0.3) is 0 Å². The van der Waals surface area contributed by atoms with Crippen LogP contribution < -0.4 is 16.0 Å². The number of nitrogens with zero attached hydrogens (tertiary/aromatic N) is 2. The van der Waals surface area contributed by atoms with Crippen LogP contribution in [-0.2, 0) is 9.47 Å². The summed E-state index contributed by atoms with van der Waals surface area (Å²) in [7, 11) is 1.64. The number of nitrogens with two attached hydrogens (primary N) is 1. The fourth-order valence-electron chi connectivity index (χ4n) is 1.13. The van der Waals surface area contributed by atoms with Crippen LogP contribution in [0.3, 0.4) is 0 Å². The lowest BCUT2D eigenvalue weighted by atomic mass is 10.5. The van der Waals surface area contributed by atoms with E-state index in [4.69, 9.17) is 20.1 Å². The lowest BCUT2D eigenvalue weighted by molar-refractivity contribution is 0.0641. The van der Waals surface area contributed by atoms with E-state index in [0.717, 1.165) is 6.42 Å². The summed E-state index contributed by atoms with van der Waals surface area (Å²) >= 11 is 3.30. The van der Waals surface area contributed by atoms with Crippen molar-refractivity contribution >= 4 is 21.7 Å². The van der Waals surface area contributed by atoms with Gasteiger partial charge in [-0.3, -0.25) is 0 Å². The molecule has 0 aliphatic rings. The van der Waals surface area contributed by atoms with Crippen molar-refractivity contribution < 1.29 is 14.2 Å². The fraction of sp³-hybridized carbons (Fsp3) is 0.600. The van der Waals surface area contributed by atoms with E-state index < -0.39 is 0 Å². The molecule has 0 bridgehead atoms. The summed E-state index contributed by atoms with van der Waals surface area (Å²) in [6, 6.07) is 0. The van der Waals surface area contributed by atoms with Gasteiger partial charge in [-0.05, 0) is 15.9 Å². The standard InChI is InChI=1S/C10H17BrN4O3/c1-16-5-6-17-3-2-4-18-10-8(11)9(15-12)13-7-14-10/h7H,2-6,12H2,1H3,(H,13,14,15). The summed E-state index contributed by atoms with van der Waals surface area (Å²) in [5.74, 6) is 6.22. The van der Waals surface area contributed by atoms with Gasteiger partial charge in [-0.1, -0.05) is 0 Å². The first kappa shape index (κ1) is 15.1. The number of halogens is 1. The van der Waals surface area contributed by atoms with Gasteiger partial charge >= 0.3 is 0 Å². The van der Waals surface area contributed by atoms with Crippen LogP contribution in [0.15, 0.2) is 10.8 Å². The zero-order valence-electron chi connectivity index (χ0n) is 10.2. The molecule has 1 aromatic rings. The molecule has 7 nitrogen and oxygen atoms in total. The summed E-state index contributed by atoms with van der Waals surface area (Å²) in [6.45, 7) is 2.32. The number of nitrogen functional groups attached to an aromatic ring is 1. The summed E-state index contributed by atoms with van der Waals surface area (Å²) in [6.07, 6.45) is 2.15. The molecule has 1 heterocycles. The molecule has 0 spiro atoms. The predicted molar refractivity (Wildman–Crippen MR) is 70.3 cm³/mol. The largest absolute Gasteiger partial charge is 0.477 e. The number of anilines is 1. The van der Waals surface area contributed by atoms with Crippen molar-refractivity contribution in [2.45, 2.75) is 6.42 Å². The van der Waals surface area contributed by atoms with Gasteiger partial charge in [-0.15, -0.1) is 0 Å². The summed E-state index contributed by atoms with van der Waals surface area (Å²) in [5, 5.41) is 0. The van der Waals surface area contributed by atoms with Crippen LogP contribution in [0.1, 0.15) is 6.42 Å². The number of methoxy groups -OCH3 is 1. The van der Waals surface area contributed by atoms with E-state index in [1.165, 1.54) is 6.33 Å². The predicted octanol–water partition coefficient (Wildman–Crippen LogP) is 0.957. The third kappa shape index (κ3) is 5.13. The van der Waals surface area contributed by atoms with Gasteiger partial charge in [0.1, 0.15) is 10.8 Å². The highest BCUT2D eigenvalue weighted by molar-refractivity contribution is 9.10. The van der Waals surface area contributed by atoms with E-state index >= 15 is 0 Å². The van der Waals surface area contributed by atoms with Crippen molar-refractivity contribution in [2.75, 3.05) is 39.0 Å². The average Bonchev–Trinajstić information content (AvgIpc) is 2.39. The van der Waals surface area contributed by atoms with Gasteiger partial charge in [0.2, 0.25) is 5.88 Å². The van der Waals surface area contributed by atoms with Gasteiger partial charge in [0.05, 0.1) is 19.8 Å². The Kier molecular flexibility index (Phi) is 7.58. The van der Waals surface area contributed by atoms with Gasteiger partial charge in [0.25, 0.3) is 0 Å². The number of rotatable bonds is 9. The maximum Gasteiger partial charge on any atom is 0.233 e. The summed E-state index contributed by atoms with van der Waals surface area (Å²) < 4.78 is 16.3. The van der Waals surface area contributed by atoms with Crippen LogP contribution in [0.2, 0.25) is 0 Å². The van der Waals surface area contributed by atoms with Crippen molar-refractivity contribution in [2.24, 2.45) is 5.84 Å². The zero-order valence-corrected chi connectivity index (χ0v) is 11.8. The molecule has 0 saturated heterocycles. The lowest BCUT2D eigenvalue weighted by Gasteiger charge is -2.09. The number of hydrazine groups is 1. The number of ether oxygens (including phenoxy) is 3. The number of aromatic nitrogens is 2. The average molecular weight is 321 g/mol. The Bertz CT molecular complexity index is 354. The highest BCUT2D eigenvalue weighted by Crippen LogP contribution is 2.27. The fourth-order valence-corrected chi connectivity index (χ4v) is 1.56. The molecule has 0 unspecified atom stereocenters. The Balaban J connectivity index is 2.23. The minimum absolute atomic E-state index is 0.454. The van der Waals surface area contributed by atoms with Crippen molar-refractivity contribution in [3.8, 4) is 5.88 Å². The molecule has 18 heavy (non-hydrogen) atoms.